The molecule has 0 bridgehead atoms. The minimum Gasteiger partial charge on any atom is -0.309 e. The number of nitrogens with one attached hydrogen (secondary N) is 1. The molecule has 0 radical (unpaired) electrons. The van der Waals surface area contributed by atoms with Crippen molar-refractivity contribution in [3.63, 3.8) is 0 Å². The van der Waals surface area contributed by atoms with Crippen molar-refractivity contribution in [3.05, 3.63) is 22.4 Å². The quantitative estimate of drug-likeness (QED) is 0.852. The molecule has 2 aromatic heterocycles. The summed E-state index contributed by atoms with van der Waals surface area (Å²) in [7, 11) is 1.81. The number of H-pyrrole nitrogens is 1. The zero-order valence-electron chi connectivity index (χ0n) is 11.2. The lowest BCUT2D eigenvalue weighted by molar-refractivity contribution is 0.272. The van der Waals surface area contributed by atoms with Gasteiger partial charge in [0.25, 0.3) is 5.56 Å². The van der Waals surface area contributed by atoms with Crippen LogP contribution in [0.4, 0.5) is 0 Å². The van der Waals surface area contributed by atoms with Crippen LogP contribution in [0.15, 0.2) is 11.0 Å². The number of rotatable bonds is 2. The van der Waals surface area contributed by atoms with Crippen LogP contribution in [0.3, 0.4) is 0 Å². The van der Waals surface area contributed by atoms with Crippen LogP contribution in [-0.2, 0) is 13.6 Å². The van der Waals surface area contributed by atoms with E-state index in [2.05, 4.69) is 26.9 Å². The maximum atomic E-state index is 12.0. The van der Waals surface area contributed by atoms with Gasteiger partial charge in [-0.3, -0.25) is 14.4 Å². The molecular weight excluding hydrogens is 242 g/mol. The largest absolute Gasteiger partial charge is 0.309 e. The lowest BCUT2D eigenvalue weighted by atomic mass is 10.1. The topological polar surface area (TPSA) is 66.8 Å². The van der Waals surface area contributed by atoms with Crippen LogP contribution in [-0.4, -0.2) is 37.7 Å². The van der Waals surface area contributed by atoms with Crippen molar-refractivity contribution < 1.29 is 0 Å². The molecule has 0 amide bonds. The molecule has 2 unspecified atom stereocenters. The highest BCUT2D eigenvalue weighted by atomic mass is 16.1. The summed E-state index contributed by atoms with van der Waals surface area (Å²) in [5.74, 6) is 1.59. The first-order chi connectivity index (χ1) is 9.05. The zero-order chi connectivity index (χ0) is 13.2. The van der Waals surface area contributed by atoms with Crippen molar-refractivity contribution >= 4 is 11.0 Å². The average molecular weight is 259 g/mol. The molecule has 1 aliphatic heterocycles. The van der Waals surface area contributed by atoms with Gasteiger partial charge in [0.1, 0.15) is 11.2 Å². The Labute approximate surface area is 110 Å². The molecule has 6 nitrogen and oxygen atoms in total. The lowest BCUT2D eigenvalue weighted by Gasteiger charge is -2.18. The van der Waals surface area contributed by atoms with E-state index in [1.807, 2.05) is 7.05 Å². The molecule has 1 saturated carbocycles. The van der Waals surface area contributed by atoms with Gasteiger partial charge in [0.15, 0.2) is 5.65 Å². The third kappa shape index (κ3) is 1.63. The maximum absolute atomic E-state index is 12.0. The number of likely N-dealkylation sites (tertiary alicyclic amines) is 1. The molecule has 19 heavy (non-hydrogen) atoms. The minimum absolute atomic E-state index is 0.0938. The maximum Gasteiger partial charge on any atom is 0.262 e. The summed E-state index contributed by atoms with van der Waals surface area (Å²) < 4.78 is 1.65. The fourth-order valence-electron chi connectivity index (χ4n) is 3.35. The number of nitrogens with zero attached hydrogens (tertiary/aromatic N) is 4. The van der Waals surface area contributed by atoms with E-state index in [4.69, 9.17) is 0 Å². The predicted molar refractivity (Wildman–Crippen MR) is 70.6 cm³/mol. The molecule has 4 rings (SSSR count). The van der Waals surface area contributed by atoms with Gasteiger partial charge in [-0.25, -0.2) is 4.98 Å². The second kappa shape index (κ2) is 3.45. The SMILES string of the molecule is Cn1ncc2c(=O)[nH]c(CN3CC4CC4(C)C3)nc21. The smallest absolute Gasteiger partial charge is 0.262 e. The summed E-state index contributed by atoms with van der Waals surface area (Å²) in [4.78, 5) is 21.7. The van der Waals surface area contributed by atoms with Crippen molar-refractivity contribution in [1.29, 1.82) is 0 Å². The van der Waals surface area contributed by atoms with Gasteiger partial charge in [-0.05, 0) is 17.8 Å². The summed E-state index contributed by atoms with van der Waals surface area (Å²) in [6.45, 7) is 5.31. The third-order valence-corrected chi connectivity index (χ3v) is 4.63. The number of aromatic nitrogens is 4. The first kappa shape index (κ1) is 11.2. The molecule has 0 spiro atoms. The van der Waals surface area contributed by atoms with Crippen molar-refractivity contribution in [1.82, 2.24) is 24.6 Å². The molecule has 0 aromatic carbocycles. The molecular formula is C13H17N5O. The van der Waals surface area contributed by atoms with E-state index in [1.54, 1.807) is 10.9 Å². The molecule has 3 heterocycles. The fraction of sp³-hybridized carbons (Fsp3) is 0.615. The second-order valence-corrected chi connectivity index (χ2v) is 6.24. The Hall–Kier alpha value is -1.69. The predicted octanol–water partition coefficient (Wildman–Crippen LogP) is 0.498. The van der Waals surface area contributed by atoms with E-state index in [-0.39, 0.29) is 5.56 Å². The fourth-order valence-corrected chi connectivity index (χ4v) is 3.35. The molecule has 100 valence electrons. The van der Waals surface area contributed by atoms with E-state index >= 15 is 0 Å². The van der Waals surface area contributed by atoms with E-state index in [0.717, 1.165) is 31.4 Å². The Morgan fingerprint density at radius 1 is 1.58 bits per heavy atom. The lowest BCUT2D eigenvalue weighted by Crippen LogP contribution is -2.26. The number of piperidine rings is 1. The highest BCUT2D eigenvalue weighted by Gasteiger charge is 2.55. The van der Waals surface area contributed by atoms with Gasteiger partial charge in [-0.1, -0.05) is 6.92 Å². The Morgan fingerprint density at radius 2 is 2.42 bits per heavy atom. The molecule has 1 N–H and O–H groups in total. The summed E-state index contributed by atoms with van der Waals surface area (Å²) in [6, 6.07) is 0. The Balaban J connectivity index is 1.65. The number of hydrogen-bond donors (Lipinski definition) is 1. The van der Waals surface area contributed by atoms with Crippen LogP contribution in [0.1, 0.15) is 19.2 Å². The number of aromatic amines is 1. The van der Waals surface area contributed by atoms with Gasteiger partial charge in [-0.2, -0.15) is 5.10 Å². The summed E-state index contributed by atoms with van der Waals surface area (Å²) in [6.07, 6.45) is 2.92. The van der Waals surface area contributed by atoms with Gasteiger partial charge >= 0.3 is 0 Å². The highest BCUT2D eigenvalue weighted by molar-refractivity contribution is 5.72. The van der Waals surface area contributed by atoms with E-state index in [9.17, 15) is 4.79 Å². The van der Waals surface area contributed by atoms with Gasteiger partial charge in [0.05, 0.1) is 12.7 Å². The van der Waals surface area contributed by atoms with Gasteiger partial charge in [0, 0.05) is 20.1 Å². The van der Waals surface area contributed by atoms with E-state index in [0.29, 0.717) is 16.4 Å². The highest BCUT2D eigenvalue weighted by Crippen LogP contribution is 2.57. The van der Waals surface area contributed by atoms with Crippen molar-refractivity contribution in [2.45, 2.75) is 19.9 Å². The zero-order valence-corrected chi connectivity index (χ0v) is 11.2. The third-order valence-electron chi connectivity index (χ3n) is 4.63. The van der Waals surface area contributed by atoms with Gasteiger partial charge in [0.2, 0.25) is 0 Å². The van der Waals surface area contributed by atoms with Crippen LogP contribution in [0, 0.1) is 11.3 Å². The van der Waals surface area contributed by atoms with Gasteiger partial charge < -0.3 is 4.98 Å². The summed E-state index contributed by atoms with van der Waals surface area (Å²) >= 11 is 0. The van der Waals surface area contributed by atoms with Crippen LogP contribution in [0.25, 0.3) is 11.0 Å². The number of hydrogen-bond acceptors (Lipinski definition) is 4. The van der Waals surface area contributed by atoms with Crippen LogP contribution in [0.2, 0.25) is 0 Å². The number of aryl methyl sites for hydroxylation is 1. The Bertz CT molecular complexity index is 717. The average Bonchev–Trinajstić information content (AvgIpc) is 2.67. The Morgan fingerprint density at radius 3 is 3.16 bits per heavy atom. The molecule has 1 saturated heterocycles. The molecule has 2 atom stereocenters. The number of fused-ring (bicyclic) bond motifs is 2. The van der Waals surface area contributed by atoms with E-state index in [1.165, 1.54) is 6.42 Å². The monoisotopic (exact) mass is 259 g/mol. The van der Waals surface area contributed by atoms with Crippen molar-refractivity contribution in [2.24, 2.45) is 18.4 Å². The standard InChI is InChI=1S/C13H17N5O/c1-13-3-8(13)5-18(7-13)6-10-15-11-9(12(19)16-10)4-14-17(11)2/h4,8H,3,5-7H2,1-2H3,(H,15,16,19). The Kier molecular flexibility index (Phi) is 2.02. The molecule has 2 fully saturated rings. The first-order valence-electron chi connectivity index (χ1n) is 6.68. The van der Waals surface area contributed by atoms with Crippen LogP contribution >= 0.6 is 0 Å². The van der Waals surface area contributed by atoms with Crippen molar-refractivity contribution in [3.8, 4) is 0 Å². The first-order valence-corrected chi connectivity index (χ1v) is 6.68. The normalized spacial score (nSPS) is 29.9. The van der Waals surface area contributed by atoms with Crippen molar-refractivity contribution in [2.75, 3.05) is 13.1 Å². The van der Waals surface area contributed by atoms with Gasteiger partial charge in [-0.15, -0.1) is 0 Å². The molecule has 2 aliphatic rings. The molecule has 1 aliphatic carbocycles. The van der Waals surface area contributed by atoms with Crippen LogP contribution in [0.5, 0.6) is 0 Å². The minimum atomic E-state index is -0.0938. The summed E-state index contributed by atoms with van der Waals surface area (Å²) in [5.41, 5.74) is 1.09. The van der Waals surface area contributed by atoms with E-state index < -0.39 is 0 Å². The van der Waals surface area contributed by atoms with Crippen LogP contribution < -0.4 is 5.56 Å². The molecule has 6 heteroatoms. The molecule has 2 aromatic rings. The second-order valence-electron chi connectivity index (χ2n) is 6.24. The summed E-state index contributed by atoms with van der Waals surface area (Å²) in [5, 5.41) is 4.64.